The average molecular weight is 606 g/mol. The molecule has 1 aromatic carbocycles. The molecule has 17 heteroatoms. The highest BCUT2D eigenvalue weighted by Crippen LogP contribution is 2.47. The number of carboxylic acid groups (broad SMARTS) is 1. The fourth-order valence-corrected chi connectivity index (χ4v) is 6.42. The van der Waals surface area contributed by atoms with Crippen molar-refractivity contribution in [2.75, 3.05) is 18.6 Å². The second kappa shape index (κ2) is 11.1. The number of aliphatic carboxylic acids is 1. The zero-order valence-electron chi connectivity index (χ0n) is 22.1. The van der Waals surface area contributed by atoms with E-state index in [2.05, 4.69) is 25.0 Å². The third-order valence-corrected chi connectivity index (χ3v) is 8.85. The first-order chi connectivity index (χ1) is 19.4. The van der Waals surface area contributed by atoms with Gasteiger partial charge in [-0.3, -0.25) is 18.9 Å². The van der Waals surface area contributed by atoms with Crippen LogP contribution < -0.4 is 15.3 Å². The lowest BCUT2D eigenvalue weighted by Gasteiger charge is -2.27. The van der Waals surface area contributed by atoms with Gasteiger partial charge in [0.1, 0.15) is 40.1 Å². The number of pyridine rings is 1. The zero-order valence-corrected chi connectivity index (χ0v) is 23.8. The molecule has 2 unspecified atom stereocenters. The summed E-state index contributed by atoms with van der Waals surface area (Å²) < 4.78 is 32.4. The number of nitrogens with zero attached hydrogens (tertiary/aromatic N) is 5. The molecule has 0 aliphatic carbocycles. The third-order valence-electron chi connectivity index (χ3n) is 6.54. The predicted octanol–water partition coefficient (Wildman–Crippen LogP) is 1.95. The number of carboxylic acids is 1. The van der Waals surface area contributed by atoms with Crippen LogP contribution in [0.3, 0.4) is 0 Å². The Bertz CT molecular complexity index is 1650. The molecule has 41 heavy (non-hydrogen) atoms. The maximum Gasteiger partial charge on any atom is 0.459 e. The molecule has 5 rings (SSSR count). The topological polar surface area (TPSA) is 217 Å². The third kappa shape index (κ3) is 5.72. The number of aromatic nitrogens is 5. The molecular weight excluding hydrogens is 577 g/mol. The molecule has 4 heterocycles. The Kier molecular flexibility index (Phi) is 7.91. The van der Waals surface area contributed by atoms with Crippen LogP contribution in [-0.2, 0) is 18.6 Å². The van der Waals surface area contributed by atoms with Crippen LogP contribution in [0.1, 0.15) is 20.1 Å². The van der Waals surface area contributed by atoms with Crippen molar-refractivity contribution < 1.29 is 38.5 Å². The maximum absolute atomic E-state index is 13.8. The predicted molar refractivity (Wildman–Crippen MR) is 148 cm³/mol. The van der Waals surface area contributed by atoms with Gasteiger partial charge in [0.25, 0.3) is 0 Å². The molecule has 0 saturated carbocycles. The van der Waals surface area contributed by atoms with E-state index in [0.717, 1.165) is 0 Å². The van der Waals surface area contributed by atoms with Gasteiger partial charge in [-0.25, -0.2) is 14.5 Å². The molecule has 0 spiro atoms. The van der Waals surface area contributed by atoms with E-state index in [0.29, 0.717) is 21.4 Å². The van der Waals surface area contributed by atoms with Gasteiger partial charge in [0.15, 0.2) is 11.9 Å². The Morgan fingerprint density at radius 1 is 1.34 bits per heavy atom. The van der Waals surface area contributed by atoms with Gasteiger partial charge in [-0.05, 0) is 44.4 Å². The van der Waals surface area contributed by atoms with Crippen molar-refractivity contribution in [2.24, 2.45) is 0 Å². The minimum atomic E-state index is -4.37. The van der Waals surface area contributed by atoms with Crippen molar-refractivity contribution in [1.82, 2.24) is 29.6 Å². The monoisotopic (exact) mass is 605 g/mol. The molecule has 1 aliphatic rings. The van der Waals surface area contributed by atoms with Crippen molar-refractivity contribution in [3.05, 3.63) is 42.9 Å². The maximum atomic E-state index is 13.8. The number of fused-ring (bicyclic) bond motifs is 2. The highest BCUT2D eigenvalue weighted by atomic mass is 32.2. The van der Waals surface area contributed by atoms with Crippen molar-refractivity contribution in [3.8, 4) is 5.75 Å². The fraction of sp³-hybridized carbons (Fsp3) is 0.375. The van der Waals surface area contributed by atoms with Crippen LogP contribution in [0.5, 0.6) is 5.75 Å². The first kappa shape index (κ1) is 29.1. The van der Waals surface area contributed by atoms with Crippen LogP contribution in [0.15, 0.2) is 47.9 Å². The lowest BCUT2D eigenvalue weighted by atomic mass is 9.96. The highest BCUT2D eigenvalue weighted by molar-refractivity contribution is 7.98. The summed E-state index contributed by atoms with van der Waals surface area (Å²) in [5, 5.41) is 35.2. The number of thioether (sulfide) groups is 1. The Hall–Kier alpha value is -3.37. The van der Waals surface area contributed by atoms with E-state index in [1.807, 2.05) is 0 Å². The SMILES string of the molecule is CSc1nc(N)nc2c1ncn2[C@@H]1O[C@H](COP(=O)(NC(C)C(=O)O)Oc2ccc3ncccc3c2)[C@@H](O)[C@@]1(C)O. The van der Waals surface area contributed by atoms with Crippen molar-refractivity contribution in [1.29, 1.82) is 0 Å². The number of ether oxygens (including phenoxy) is 1. The standard InChI is InChI=1S/C24H28N7O8PS/c1-12(21(33)34)30-40(36,39-14-6-7-15-13(9-14)5-4-8-26-15)37-10-16-18(32)24(2,35)22(38-16)31-11-27-17-19(31)28-23(25)29-20(17)41-3/h4-9,11-12,16,18,22,32,35H,10H2,1-3H3,(H,30,36)(H,33,34)(H2,25,28,29)/t12?,16-,18-,22-,24-,40?/m1/s1. The number of benzene rings is 1. The van der Waals surface area contributed by atoms with E-state index in [4.69, 9.17) is 19.5 Å². The van der Waals surface area contributed by atoms with Crippen LogP contribution >= 0.6 is 19.5 Å². The van der Waals surface area contributed by atoms with E-state index in [1.165, 1.54) is 42.6 Å². The quantitative estimate of drug-likeness (QED) is 0.0991. The molecule has 1 aliphatic heterocycles. The first-order valence-corrected chi connectivity index (χ1v) is 15.1. The number of anilines is 1. The lowest BCUT2D eigenvalue weighted by molar-refractivity contribution is -0.138. The van der Waals surface area contributed by atoms with E-state index < -0.39 is 50.4 Å². The van der Waals surface area contributed by atoms with Crippen LogP contribution in [-0.4, -0.2) is 82.5 Å². The lowest BCUT2D eigenvalue weighted by Crippen LogP contribution is -2.44. The van der Waals surface area contributed by atoms with Gasteiger partial charge in [-0.2, -0.15) is 10.1 Å². The molecule has 0 amide bonds. The van der Waals surface area contributed by atoms with Gasteiger partial charge in [-0.1, -0.05) is 6.07 Å². The number of hydrogen-bond donors (Lipinski definition) is 5. The number of carbonyl (C=O) groups is 1. The molecule has 1 fully saturated rings. The second-order valence-corrected chi connectivity index (χ2v) is 12.0. The number of aliphatic hydroxyl groups excluding tert-OH is 1. The molecule has 0 radical (unpaired) electrons. The summed E-state index contributed by atoms with van der Waals surface area (Å²) in [5.41, 5.74) is 5.35. The van der Waals surface area contributed by atoms with Crippen LogP contribution in [0, 0.1) is 0 Å². The molecule has 218 valence electrons. The number of aliphatic hydroxyl groups is 2. The first-order valence-electron chi connectivity index (χ1n) is 12.3. The van der Waals surface area contributed by atoms with E-state index >= 15 is 0 Å². The van der Waals surface area contributed by atoms with Gasteiger partial charge in [0.2, 0.25) is 5.95 Å². The van der Waals surface area contributed by atoms with Gasteiger partial charge in [0, 0.05) is 11.6 Å². The molecule has 6 N–H and O–H groups in total. The van der Waals surface area contributed by atoms with E-state index in [9.17, 15) is 24.7 Å². The summed E-state index contributed by atoms with van der Waals surface area (Å²) in [6.07, 6.45) is 0.866. The zero-order chi connectivity index (χ0) is 29.5. The largest absolute Gasteiger partial charge is 0.480 e. The van der Waals surface area contributed by atoms with Crippen LogP contribution in [0.25, 0.3) is 22.1 Å². The summed E-state index contributed by atoms with van der Waals surface area (Å²) in [7, 11) is -4.37. The average Bonchev–Trinajstić information content (AvgIpc) is 3.44. The number of rotatable bonds is 10. The Morgan fingerprint density at radius 3 is 2.85 bits per heavy atom. The van der Waals surface area contributed by atoms with Crippen molar-refractivity contribution in [3.63, 3.8) is 0 Å². The molecule has 15 nitrogen and oxygen atoms in total. The van der Waals surface area contributed by atoms with Gasteiger partial charge >= 0.3 is 13.7 Å². The number of hydrogen-bond acceptors (Lipinski definition) is 13. The van der Waals surface area contributed by atoms with Crippen molar-refractivity contribution >= 4 is 53.5 Å². The highest BCUT2D eigenvalue weighted by Gasteiger charge is 2.54. The number of nitrogens with two attached hydrogens (primary N) is 1. The van der Waals surface area contributed by atoms with Crippen LogP contribution in [0.2, 0.25) is 0 Å². The van der Waals surface area contributed by atoms with Gasteiger partial charge < -0.3 is 30.3 Å². The summed E-state index contributed by atoms with van der Waals surface area (Å²) >= 11 is 1.31. The Morgan fingerprint density at radius 2 is 2.12 bits per heavy atom. The molecule has 0 bridgehead atoms. The smallest absolute Gasteiger partial charge is 0.459 e. The fourth-order valence-electron chi connectivity index (χ4n) is 4.40. The normalized spacial score (nSPS) is 24.9. The van der Waals surface area contributed by atoms with E-state index in [1.54, 1.807) is 36.7 Å². The van der Waals surface area contributed by atoms with Gasteiger partial charge in [-0.15, -0.1) is 11.8 Å². The number of nitrogens with one attached hydrogen (secondary N) is 1. The van der Waals surface area contributed by atoms with Gasteiger partial charge in [0.05, 0.1) is 18.5 Å². The number of nitrogen functional groups attached to an aromatic ring is 1. The summed E-state index contributed by atoms with van der Waals surface area (Å²) in [5.74, 6) is -1.18. The molecule has 4 aromatic rings. The minimum Gasteiger partial charge on any atom is -0.480 e. The molecule has 3 aromatic heterocycles. The Labute approximate surface area is 237 Å². The molecular formula is C24H28N7O8PS. The van der Waals surface area contributed by atoms with Crippen LogP contribution in [0.4, 0.5) is 5.95 Å². The van der Waals surface area contributed by atoms with E-state index in [-0.39, 0.29) is 17.3 Å². The summed E-state index contributed by atoms with van der Waals surface area (Å²) in [4.78, 5) is 28.4. The Balaban J connectivity index is 1.39. The molecule has 1 saturated heterocycles. The summed E-state index contributed by atoms with van der Waals surface area (Å²) in [6, 6.07) is 6.92. The summed E-state index contributed by atoms with van der Waals surface area (Å²) in [6.45, 7) is 2.09. The molecule has 6 atom stereocenters. The number of imidazole rings is 1. The second-order valence-electron chi connectivity index (χ2n) is 9.54. The minimum absolute atomic E-state index is 0.0112. The van der Waals surface area contributed by atoms with Crippen molar-refractivity contribution in [2.45, 2.75) is 49.0 Å².